The Morgan fingerprint density at radius 1 is 0.952 bits per heavy atom. The molecular formula is C15H14ClN5. The van der Waals surface area contributed by atoms with E-state index in [2.05, 4.69) is 25.1 Å². The van der Waals surface area contributed by atoms with E-state index in [1.54, 1.807) is 12.4 Å². The van der Waals surface area contributed by atoms with Gasteiger partial charge in [0.25, 0.3) is 0 Å². The maximum atomic E-state index is 5.97. The van der Waals surface area contributed by atoms with Gasteiger partial charge in [0.05, 0.1) is 5.02 Å². The number of rotatable bonds is 0. The Kier molecular flexibility index (Phi) is 3.58. The maximum Gasteiger partial charge on any atom is 0.181 e. The van der Waals surface area contributed by atoms with Gasteiger partial charge in [-0.15, -0.1) is 0 Å². The number of pyridine rings is 2. The monoisotopic (exact) mass is 299 g/mol. The van der Waals surface area contributed by atoms with Crippen LogP contribution in [0.3, 0.4) is 0 Å². The third-order valence-electron chi connectivity index (χ3n) is 3.20. The molecule has 0 atom stereocenters. The minimum Gasteiger partial charge on any atom is -0.342 e. The van der Waals surface area contributed by atoms with E-state index in [1.807, 2.05) is 38.1 Å². The highest BCUT2D eigenvalue weighted by Gasteiger charge is 2.04. The maximum absolute atomic E-state index is 5.97. The van der Waals surface area contributed by atoms with Gasteiger partial charge in [0, 0.05) is 34.6 Å². The van der Waals surface area contributed by atoms with E-state index in [-0.39, 0.29) is 0 Å². The van der Waals surface area contributed by atoms with E-state index < -0.39 is 0 Å². The molecule has 4 aromatic rings. The third-order valence-corrected chi connectivity index (χ3v) is 3.69. The van der Waals surface area contributed by atoms with Gasteiger partial charge in [0.15, 0.2) is 5.65 Å². The molecule has 0 fully saturated rings. The van der Waals surface area contributed by atoms with Crippen molar-refractivity contribution in [1.29, 1.82) is 0 Å². The fourth-order valence-corrected chi connectivity index (χ4v) is 2.29. The first kappa shape index (κ1) is 13.6. The Morgan fingerprint density at radius 2 is 1.67 bits per heavy atom. The summed E-state index contributed by atoms with van der Waals surface area (Å²) in [5.74, 6) is 0. The van der Waals surface area contributed by atoms with Crippen molar-refractivity contribution in [2.75, 3.05) is 0 Å². The van der Waals surface area contributed by atoms with Crippen LogP contribution in [-0.4, -0.2) is 25.1 Å². The molecule has 2 N–H and O–H groups in total. The fraction of sp³-hybridized carbons (Fsp3) is 0.133. The van der Waals surface area contributed by atoms with E-state index in [0.717, 1.165) is 38.5 Å². The summed E-state index contributed by atoms with van der Waals surface area (Å²) in [7, 11) is 0. The summed E-state index contributed by atoms with van der Waals surface area (Å²) in [6, 6.07) is 7.74. The highest BCUT2D eigenvalue weighted by atomic mass is 35.5. The van der Waals surface area contributed by atoms with Crippen LogP contribution in [0.5, 0.6) is 0 Å². The number of aromatic nitrogens is 5. The second-order valence-corrected chi connectivity index (χ2v) is 5.06. The number of fused-ring (bicyclic) bond motifs is 2. The topological polar surface area (TPSA) is 70.2 Å². The Bertz CT molecular complexity index is 893. The first-order valence-electron chi connectivity index (χ1n) is 6.51. The molecule has 106 valence electrons. The van der Waals surface area contributed by atoms with E-state index in [1.165, 1.54) is 0 Å². The molecule has 6 heteroatoms. The number of aryl methyl sites for hydroxylation is 2. The van der Waals surface area contributed by atoms with Crippen molar-refractivity contribution < 1.29 is 0 Å². The van der Waals surface area contributed by atoms with Gasteiger partial charge in [-0.05, 0) is 38.1 Å². The summed E-state index contributed by atoms with van der Waals surface area (Å²) >= 11 is 5.97. The standard InChI is InChI=1S/C8H7ClN2.C7H7N3/c1-5-7(9)6-3-2-4-10-8(6)11-5;1-5-6-3-2-4-8-7(6)10-9-5/h2-4H,1H3,(H,10,11);2-4H,1H3,(H,8,9,10). The lowest BCUT2D eigenvalue weighted by Gasteiger charge is -1.85. The van der Waals surface area contributed by atoms with Crippen molar-refractivity contribution in [3.63, 3.8) is 0 Å². The molecule has 0 bridgehead atoms. The molecule has 0 saturated heterocycles. The minimum atomic E-state index is 0.771. The molecule has 0 saturated carbocycles. The van der Waals surface area contributed by atoms with Gasteiger partial charge in [-0.25, -0.2) is 9.97 Å². The second kappa shape index (κ2) is 5.54. The van der Waals surface area contributed by atoms with Crippen molar-refractivity contribution in [2.45, 2.75) is 13.8 Å². The van der Waals surface area contributed by atoms with Crippen LogP contribution in [0.2, 0.25) is 5.02 Å². The van der Waals surface area contributed by atoms with Gasteiger partial charge in [-0.1, -0.05) is 11.6 Å². The molecule has 4 rings (SSSR count). The van der Waals surface area contributed by atoms with E-state index >= 15 is 0 Å². The third kappa shape index (κ3) is 2.60. The zero-order valence-electron chi connectivity index (χ0n) is 11.7. The molecule has 0 aliphatic heterocycles. The molecule has 5 nitrogen and oxygen atoms in total. The number of aromatic amines is 2. The Hall–Kier alpha value is -2.40. The van der Waals surface area contributed by atoms with Gasteiger partial charge < -0.3 is 4.98 Å². The lowest BCUT2D eigenvalue weighted by molar-refractivity contribution is 1.05. The van der Waals surface area contributed by atoms with Crippen LogP contribution >= 0.6 is 11.6 Å². The molecule has 0 aliphatic carbocycles. The van der Waals surface area contributed by atoms with E-state index in [9.17, 15) is 0 Å². The van der Waals surface area contributed by atoms with Crippen LogP contribution in [0.1, 0.15) is 11.4 Å². The Balaban J connectivity index is 0.000000126. The number of halogens is 1. The van der Waals surface area contributed by atoms with Crippen LogP contribution in [0.4, 0.5) is 0 Å². The van der Waals surface area contributed by atoms with Crippen molar-refractivity contribution in [3.8, 4) is 0 Å². The van der Waals surface area contributed by atoms with E-state index in [0.29, 0.717) is 0 Å². The van der Waals surface area contributed by atoms with Crippen molar-refractivity contribution >= 4 is 33.7 Å². The molecular weight excluding hydrogens is 286 g/mol. The van der Waals surface area contributed by atoms with Crippen LogP contribution in [-0.2, 0) is 0 Å². The Morgan fingerprint density at radius 3 is 2.38 bits per heavy atom. The first-order valence-corrected chi connectivity index (χ1v) is 6.89. The van der Waals surface area contributed by atoms with Crippen LogP contribution < -0.4 is 0 Å². The van der Waals surface area contributed by atoms with Crippen molar-refractivity contribution in [3.05, 3.63) is 53.1 Å². The van der Waals surface area contributed by atoms with Crippen molar-refractivity contribution in [2.24, 2.45) is 0 Å². The SMILES string of the molecule is Cc1[nH]c2ncccc2c1Cl.Cc1[nH]nc2ncccc12. The molecule has 4 heterocycles. The average molecular weight is 300 g/mol. The van der Waals surface area contributed by atoms with Crippen molar-refractivity contribution in [1.82, 2.24) is 25.1 Å². The first-order chi connectivity index (χ1) is 10.2. The molecule has 21 heavy (non-hydrogen) atoms. The quantitative estimate of drug-likeness (QED) is 0.519. The summed E-state index contributed by atoms with van der Waals surface area (Å²) in [6.07, 6.45) is 3.48. The lowest BCUT2D eigenvalue weighted by atomic mass is 10.3. The van der Waals surface area contributed by atoms with Gasteiger partial charge in [0.2, 0.25) is 0 Å². The van der Waals surface area contributed by atoms with Crippen LogP contribution in [0.25, 0.3) is 22.1 Å². The largest absolute Gasteiger partial charge is 0.342 e. The predicted octanol–water partition coefficient (Wildman–Crippen LogP) is 3.79. The molecule has 0 radical (unpaired) electrons. The number of nitrogens with zero attached hydrogens (tertiary/aromatic N) is 3. The number of hydrogen-bond acceptors (Lipinski definition) is 3. The molecule has 0 aliphatic rings. The molecule has 0 unspecified atom stereocenters. The number of nitrogens with one attached hydrogen (secondary N) is 2. The lowest BCUT2D eigenvalue weighted by Crippen LogP contribution is -1.72. The summed E-state index contributed by atoms with van der Waals surface area (Å²) < 4.78 is 0. The number of H-pyrrole nitrogens is 2. The summed E-state index contributed by atoms with van der Waals surface area (Å²) in [5.41, 5.74) is 3.69. The summed E-state index contributed by atoms with van der Waals surface area (Å²) in [6.45, 7) is 3.92. The highest BCUT2D eigenvalue weighted by Crippen LogP contribution is 2.24. The van der Waals surface area contributed by atoms with Gasteiger partial charge >= 0.3 is 0 Å². The number of hydrogen-bond donors (Lipinski definition) is 2. The van der Waals surface area contributed by atoms with Gasteiger partial charge in [-0.3, -0.25) is 5.10 Å². The smallest absolute Gasteiger partial charge is 0.181 e. The van der Waals surface area contributed by atoms with E-state index in [4.69, 9.17) is 11.6 Å². The Labute approximate surface area is 126 Å². The summed E-state index contributed by atoms with van der Waals surface area (Å²) in [5, 5.41) is 9.71. The molecule has 4 aromatic heterocycles. The molecule has 0 aromatic carbocycles. The molecule has 0 amide bonds. The summed E-state index contributed by atoms with van der Waals surface area (Å²) in [4.78, 5) is 11.3. The minimum absolute atomic E-state index is 0.771. The normalized spacial score (nSPS) is 10.6. The zero-order chi connectivity index (χ0) is 14.8. The second-order valence-electron chi connectivity index (χ2n) is 4.69. The van der Waals surface area contributed by atoms with Gasteiger partial charge in [0.1, 0.15) is 5.65 Å². The fourth-order valence-electron chi connectivity index (χ4n) is 2.09. The van der Waals surface area contributed by atoms with Gasteiger partial charge in [-0.2, -0.15) is 5.10 Å². The highest BCUT2D eigenvalue weighted by molar-refractivity contribution is 6.36. The van der Waals surface area contributed by atoms with Crippen LogP contribution in [0, 0.1) is 13.8 Å². The predicted molar refractivity (Wildman–Crippen MR) is 84.5 cm³/mol. The zero-order valence-corrected chi connectivity index (χ0v) is 12.4. The average Bonchev–Trinajstić information content (AvgIpc) is 3.02. The van der Waals surface area contributed by atoms with Crippen LogP contribution in [0.15, 0.2) is 36.7 Å². The molecule has 0 spiro atoms.